The first-order valence-electron chi connectivity index (χ1n) is 7.52. The van der Waals surface area contributed by atoms with Gasteiger partial charge in [0.05, 0.1) is 5.25 Å². The van der Waals surface area contributed by atoms with E-state index in [2.05, 4.69) is 14.9 Å². The molecule has 2 aliphatic rings. The zero-order chi connectivity index (χ0) is 13.7. The van der Waals surface area contributed by atoms with E-state index in [1.165, 1.54) is 32.1 Å². The Bertz CT molecular complexity index is 362. The highest BCUT2D eigenvalue weighted by Crippen LogP contribution is 2.18. The lowest BCUT2D eigenvalue weighted by atomic mass is 10.1. The largest absolute Gasteiger partial charge is 0.313 e. The van der Waals surface area contributed by atoms with Gasteiger partial charge in [0.25, 0.3) is 0 Å². The van der Waals surface area contributed by atoms with Crippen LogP contribution in [0.2, 0.25) is 0 Å². The molecule has 1 saturated heterocycles. The maximum Gasteiger partial charge on any atom is 0.215 e. The molecule has 5 nitrogen and oxygen atoms in total. The van der Waals surface area contributed by atoms with Gasteiger partial charge in [0, 0.05) is 25.7 Å². The Kier molecular flexibility index (Phi) is 5.62. The normalized spacial score (nSPS) is 23.4. The van der Waals surface area contributed by atoms with Crippen molar-refractivity contribution in [3.63, 3.8) is 0 Å². The number of rotatable bonds is 8. The third-order valence-electron chi connectivity index (χ3n) is 3.98. The summed E-state index contributed by atoms with van der Waals surface area (Å²) in [6.07, 6.45) is 6.18. The van der Waals surface area contributed by atoms with Gasteiger partial charge in [0.1, 0.15) is 0 Å². The SMILES string of the molecule is CC(CNC1CC1)S(=O)(=O)NCCN1CCCCC1. The van der Waals surface area contributed by atoms with Crippen molar-refractivity contribution in [2.45, 2.75) is 50.3 Å². The number of nitrogens with zero attached hydrogens (tertiary/aromatic N) is 1. The second-order valence-corrected chi connectivity index (χ2v) is 8.02. The second-order valence-electron chi connectivity index (χ2n) is 5.83. The molecule has 0 spiro atoms. The van der Waals surface area contributed by atoms with E-state index in [0.717, 1.165) is 19.6 Å². The summed E-state index contributed by atoms with van der Waals surface area (Å²) in [6, 6.07) is 0.561. The number of likely N-dealkylation sites (tertiary alicyclic amines) is 1. The van der Waals surface area contributed by atoms with Crippen LogP contribution in [0.25, 0.3) is 0 Å². The van der Waals surface area contributed by atoms with Crippen LogP contribution < -0.4 is 10.0 Å². The van der Waals surface area contributed by atoms with E-state index in [1.807, 2.05) is 0 Å². The molecule has 0 bridgehead atoms. The number of hydrogen-bond donors (Lipinski definition) is 2. The molecule has 0 aromatic rings. The predicted molar refractivity (Wildman–Crippen MR) is 77.7 cm³/mol. The van der Waals surface area contributed by atoms with E-state index >= 15 is 0 Å². The topological polar surface area (TPSA) is 61.4 Å². The fourth-order valence-electron chi connectivity index (χ4n) is 2.40. The van der Waals surface area contributed by atoms with E-state index in [1.54, 1.807) is 6.92 Å². The van der Waals surface area contributed by atoms with E-state index in [-0.39, 0.29) is 5.25 Å². The minimum Gasteiger partial charge on any atom is -0.313 e. The minimum atomic E-state index is -3.17. The molecule has 1 unspecified atom stereocenters. The number of sulfonamides is 1. The fourth-order valence-corrected chi connectivity index (χ4v) is 3.38. The van der Waals surface area contributed by atoms with Crippen LogP contribution in [0.4, 0.5) is 0 Å². The molecule has 0 amide bonds. The van der Waals surface area contributed by atoms with Crippen molar-refractivity contribution in [3.8, 4) is 0 Å². The molecule has 2 N–H and O–H groups in total. The van der Waals surface area contributed by atoms with Gasteiger partial charge in [-0.05, 0) is 45.7 Å². The maximum absolute atomic E-state index is 12.0. The summed E-state index contributed by atoms with van der Waals surface area (Å²) in [4.78, 5) is 2.35. The Morgan fingerprint density at radius 3 is 2.53 bits per heavy atom. The first-order chi connectivity index (χ1) is 9.08. The molecule has 1 aliphatic heterocycles. The Labute approximate surface area is 117 Å². The number of piperidine rings is 1. The van der Waals surface area contributed by atoms with Crippen molar-refractivity contribution in [3.05, 3.63) is 0 Å². The highest BCUT2D eigenvalue weighted by Gasteiger charge is 2.25. The Balaban J connectivity index is 1.64. The van der Waals surface area contributed by atoms with Crippen molar-refractivity contribution < 1.29 is 8.42 Å². The molecular weight excluding hydrogens is 262 g/mol. The van der Waals surface area contributed by atoms with Crippen LogP contribution in [0.5, 0.6) is 0 Å². The highest BCUT2D eigenvalue weighted by atomic mass is 32.2. The fraction of sp³-hybridized carbons (Fsp3) is 1.00. The monoisotopic (exact) mass is 289 g/mol. The molecule has 1 atom stereocenters. The molecule has 112 valence electrons. The summed E-state index contributed by atoms with van der Waals surface area (Å²) in [5.41, 5.74) is 0. The lowest BCUT2D eigenvalue weighted by Gasteiger charge is -2.26. The number of hydrogen-bond acceptors (Lipinski definition) is 4. The van der Waals surface area contributed by atoms with E-state index in [9.17, 15) is 8.42 Å². The van der Waals surface area contributed by atoms with Crippen LogP contribution in [0.1, 0.15) is 39.0 Å². The predicted octanol–water partition coefficient (Wildman–Crippen LogP) is 0.532. The molecule has 19 heavy (non-hydrogen) atoms. The van der Waals surface area contributed by atoms with Crippen LogP contribution in [0.15, 0.2) is 0 Å². The highest BCUT2D eigenvalue weighted by molar-refractivity contribution is 7.90. The van der Waals surface area contributed by atoms with Gasteiger partial charge >= 0.3 is 0 Å². The Morgan fingerprint density at radius 2 is 1.89 bits per heavy atom. The molecule has 1 heterocycles. The second kappa shape index (κ2) is 7.02. The van der Waals surface area contributed by atoms with Gasteiger partial charge in [-0.2, -0.15) is 0 Å². The minimum absolute atomic E-state index is 0.352. The van der Waals surface area contributed by atoms with Gasteiger partial charge in [0.2, 0.25) is 10.0 Å². The molecule has 6 heteroatoms. The van der Waals surface area contributed by atoms with Gasteiger partial charge in [0.15, 0.2) is 0 Å². The van der Waals surface area contributed by atoms with Gasteiger partial charge in [-0.15, -0.1) is 0 Å². The van der Waals surface area contributed by atoms with Crippen molar-refractivity contribution >= 4 is 10.0 Å². The van der Waals surface area contributed by atoms with Crippen LogP contribution in [0.3, 0.4) is 0 Å². The van der Waals surface area contributed by atoms with Crippen molar-refractivity contribution in [1.82, 2.24) is 14.9 Å². The molecule has 0 aromatic carbocycles. The maximum atomic E-state index is 12.0. The zero-order valence-electron chi connectivity index (χ0n) is 11.9. The molecule has 0 radical (unpaired) electrons. The summed E-state index contributed by atoms with van der Waals surface area (Å²) >= 11 is 0. The van der Waals surface area contributed by atoms with Gasteiger partial charge in [-0.25, -0.2) is 13.1 Å². The van der Waals surface area contributed by atoms with Gasteiger partial charge < -0.3 is 10.2 Å². The van der Waals surface area contributed by atoms with Crippen molar-refractivity contribution in [2.24, 2.45) is 0 Å². The zero-order valence-corrected chi connectivity index (χ0v) is 12.7. The first-order valence-corrected chi connectivity index (χ1v) is 9.07. The molecule has 2 fully saturated rings. The Morgan fingerprint density at radius 1 is 1.21 bits per heavy atom. The summed E-state index contributed by atoms with van der Waals surface area (Å²) in [5.74, 6) is 0. The summed E-state index contributed by atoms with van der Waals surface area (Å²) in [7, 11) is -3.17. The third kappa shape index (κ3) is 5.38. The number of nitrogens with one attached hydrogen (secondary N) is 2. The average Bonchev–Trinajstić information content (AvgIpc) is 3.21. The molecular formula is C13H27N3O2S. The summed E-state index contributed by atoms with van der Waals surface area (Å²) in [6.45, 7) is 5.93. The van der Waals surface area contributed by atoms with Crippen LogP contribution in [-0.2, 0) is 10.0 Å². The Hall–Kier alpha value is -0.170. The standard InChI is InChI=1S/C13H27N3O2S/c1-12(11-14-13-5-6-13)19(17,18)15-7-10-16-8-3-2-4-9-16/h12-15H,2-11H2,1H3. The quantitative estimate of drug-likeness (QED) is 0.684. The van der Waals surface area contributed by atoms with E-state index in [0.29, 0.717) is 19.1 Å². The van der Waals surface area contributed by atoms with Gasteiger partial charge in [-0.3, -0.25) is 0 Å². The smallest absolute Gasteiger partial charge is 0.215 e. The summed E-state index contributed by atoms with van der Waals surface area (Å²) in [5, 5.41) is 2.92. The molecule has 0 aromatic heterocycles. The molecule has 2 rings (SSSR count). The van der Waals surface area contributed by atoms with Gasteiger partial charge in [-0.1, -0.05) is 6.42 Å². The molecule has 1 aliphatic carbocycles. The molecule has 1 saturated carbocycles. The summed E-state index contributed by atoms with van der Waals surface area (Å²) < 4.78 is 26.8. The average molecular weight is 289 g/mol. The van der Waals surface area contributed by atoms with Crippen LogP contribution in [-0.4, -0.2) is 57.3 Å². The lowest BCUT2D eigenvalue weighted by molar-refractivity contribution is 0.232. The first kappa shape index (κ1) is 15.2. The van der Waals surface area contributed by atoms with E-state index < -0.39 is 10.0 Å². The van der Waals surface area contributed by atoms with Crippen LogP contribution in [0, 0.1) is 0 Å². The van der Waals surface area contributed by atoms with E-state index in [4.69, 9.17) is 0 Å². The lowest BCUT2D eigenvalue weighted by Crippen LogP contribution is -2.43. The van der Waals surface area contributed by atoms with Crippen molar-refractivity contribution in [1.29, 1.82) is 0 Å². The van der Waals surface area contributed by atoms with Crippen LogP contribution >= 0.6 is 0 Å². The van der Waals surface area contributed by atoms with Crippen molar-refractivity contribution in [2.75, 3.05) is 32.7 Å². The third-order valence-corrected chi connectivity index (χ3v) is 5.81.